The van der Waals surface area contributed by atoms with Gasteiger partial charge in [-0.3, -0.25) is 14.6 Å². The van der Waals surface area contributed by atoms with Crippen molar-refractivity contribution in [3.63, 3.8) is 0 Å². The number of aryl methyl sites for hydroxylation is 2. The SMILES string of the molecule is CCOC(=O)c1sc2nc(C)cc(C)c2c1NC(=O)CN1CCN(C/C=C/c2ccccc2)CC1. The van der Waals surface area contributed by atoms with Crippen LogP contribution in [0.5, 0.6) is 0 Å². The number of hydrogen-bond acceptors (Lipinski definition) is 7. The van der Waals surface area contributed by atoms with Crippen LogP contribution >= 0.6 is 11.3 Å². The van der Waals surface area contributed by atoms with Crippen LogP contribution in [-0.4, -0.2) is 72.5 Å². The zero-order chi connectivity index (χ0) is 24.8. The van der Waals surface area contributed by atoms with E-state index >= 15 is 0 Å². The molecule has 8 heteroatoms. The van der Waals surface area contributed by atoms with E-state index in [-0.39, 0.29) is 19.1 Å². The number of esters is 1. The van der Waals surface area contributed by atoms with Crippen LogP contribution < -0.4 is 5.32 Å². The Labute approximate surface area is 210 Å². The average molecular weight is 493 g/mol. The fraction of sp³-hybridized carbons (Fsp3) is 0.370. The summed E-state index contributed by atoms with van der Waals surface area (Å²) in [7, 11) is 0. The number of anilines is 1. The normalized spacial score (nSPS) is 15.1. The van der Waals surface area contributed by atoms with Crippen LogP contribution in [0.2, 0.25) is 0 Å². The van der Waals surface area contributed by atoms with Gasteiger partial charge in [-0.05, 0) is 38.0 Å². The third kappa shape index (κ3) is 6.33. The number of benzene rings is 1. The smallest absolute Gasteiger partial charge is 0.350 e. The number of carbonyl (C=O) groups excluding carboxylic acids is 2. The second kappa shape index (κ2) is 11.6. The summed E-state index contributed by atoms with van der Waals surface area (Å²) >= 11 is 1.27. The Morgan fingerprint density at radius 2 is 1.83 bits per heavy atom. The lowest BCUT2D eigenvalue weighted by Crippen LogP contribution is -2.48. The van der Waals surface area contributed by atoms with Crippen molar-refractivity contribution in [1.29, 1.82) is 0 Å². The molecule has 0 saturated carbocycles. The summed E-state index contributed by atoms with van der Waals surface area (Å²) in [6, 6.07) is 12.2. The Kier molecular flexibility index (Phi) is 8.28. The zero-order valence-electron chi connectivity index (χ0n) is 20.5. The molecule has 1 fully saturated rings. The number of carbonyl (C=O) groups is 2. The van der Waals surface area contributed by atoms with Gasteiger partial charge in [0.05, 0.1) is 18.8 Å². The van der Waals surface area contributed by atoms with Crippen molar-refractivity contribution >= 4 is 45.2 Å². The molecular weight excluding hydrogens is 460 g/mol. The van der Waals surface area contributed by atoms with Crippen molar-refractivity contribution in [2.45, 2.75) is 20.8 Å². The van der Waals surface area contributed by atoms with Crippen LogP contribution in [-0.2, 0) is 9.53 Å². The quantitative estimate of drug-likeness (QED) is 0.471. The Bertz CT molecular complexity index is 1210. The molecule has 0 spiro atoms. The first kappa shape index (κ1) is 25.0. The highest BCUT2D eigenvalue weighted by Crippen LogP contribution is 2.37. The summed E-state index contributed by atoms with van der Waals surface area (Å²) < 4.78 is 5.24. The lowest BCUT2D eigenvalue weighted by Gasteiger charge is -2.33. The largest absolute Gasteiger partial charge is 0.462 e. The van der Waals surface area contributed by atoms with Gasteiger partial charge in [0.25, 0.3) is 0 Å². The van der Waals surface area contributed by atoms with Crippen LogP contribution in [0.4, 0.5) is 5.69 Å². The molecule has 0 bridgehead atoms. The summed E-state index contributed by atoms with van der Waals surface area (Å²) in [5.74, 6) is -0.562. The molecular formula is C27H32N4O3S. The maximum atomic E-state index is 13.0. The van der Waals surface area contributed by atoms with Crippen LogP contribution in [0.15, 0.2) is 42.5 Å². The lowest BCUT2D eigenvalue weighted by molar-refractivity contribution is -0.117. The molecule has 7 nitrogen and oxygen atoms in total. The molecule has 1 N–H and O–H groups in total. The molecule has 0 atom stereocenters. The number of pyridine rings is 1. The summed E-state index contributed by atoms with van der Waals surface area (Å²) in [6.07, 6.45) is 4.33. The zero-order valence-corrected chi connectivity index (χ0v) is 21.4. The van der Waals surface area contributed by atoms with Crippen molar-refractivity contribution in [3.8, 4) is 0 Å². The van der Waals surface area contributed by atoms with Crippen LogP contribution in [0.3, 0.4) is 0 Å². The number of nitrogens with one attached hydrogen (secondary N) is 1. The fourth-order valence-electron chi connectivity index (χ4n) is 4.32. The van der Waals surface area contributed by atoms with Crippen LogP contribution in [0.1, 0.15) is 33.4 Å². The average Bonchev–Trinajstić information content (AvgIpc) is 3.19. The number of rotatable bonds is 8. The van der Waals surface area contributed by atoms with E-state index in [0.717, 1.165) is 54.2 Å². The molecule has 35 heavy (non-hydrogen) atoms. The lowest BCUT2D eigenvalue weighted by atomic mass is 10.1. The topological polar surface area (TPSA) is 74.8 Å². The Hall–Kier alpha value is -3.07. The molecule has 3 heterocycles. The second-order valence-electron chi connectivity index (χ2n) is 8.73. The maximum absolute atomic E-state index is 13.0. The summed E-state index contributed by atoms with van der Waals surface area (Å²) in [5.41, 5.74) is 3.57. The van der Waals surface area contributed by atoms with Gasteiger partial charge in [-0.2, -0.15) is 0 Å². The molecule has 2 aromatic heterocycles. The van der Waals surface area contributed by atoms with Crippen molar-refractivity contribution in [2.75, 3.05) is 51.2 Å². The van der Waals surface area contributed by atoms with E-state index in [1.807, 2.05) is 38.1 Å². The minimum atomic E-state index is -0.431. The highest BCUT2D eigenvalue weighted by molar-refractivity contribution is 7.21. The Morgan fingerprint density at radius 3 is 2.54 bits per heavy atom. The first-order valence-corrected chi connectivity index (χ1v) is 12.8. The molecule has 1 aliphatic heterocycles. The summed E-state index contributed by atoms with van der Waals surface area (Å²) in [4.78, 5) is 35.8. The monoisotopic (exact) mass is 492 g/mol. The molecule has 184 valence electrons. The number of nitrogens with zero attached hydrogens (tertiary/aromatic N) is 3. The molecule has 0 radical (unpaired) electrons. The van der Waals surface area contributed by atoms with Gasteiger partial charge in [0.1, 0.15) is 9.71 Å². The van der Waals surface area contributed by atoms with Crippen LogP contribution in [0.25, 0.3) is 16.3 Å². The number of thiophene rings is 1. The van der Waals surface area contributed by atoms with E-state index < -0.39 is 5.97 Å². The third-order valence-electron chi connectivity index (χ3n) is 6.02. The third-order valence-corrected chi connectivity index (χ3v) is 7.08. The molecule has 4 rings (SSSR count). The van der Waals surface area contributed by atoms with Gasteiger partial charge in [-0.15, -0.1) is 11.3 Å². The van der Waals surface area contributed by atoms with E-state index in [0.29, 0.717) is 10.6 Å². The van der Waals surface area contributed by atoms with Crippen molar-refractivity contribution in [1.82, 2.24) is 14.8 Å². The minimum absolute atomic E-state index is 0.132. The van der Waals surface area contributed by atoms with Gasteiger partial charge < -0.3 is 10.1 Å². The van der Waals surface area contributed by atoms with Crippen LogP contribution in [0, 0.1) is 13.8 Å². The van der Waals surface area contributed by atoms with Gasteiger partial charge in [-0.25, -0.2) is 9.78 Å². The predicted octanol–water partition coefficient (Wildman–Crippen LogP) is 4.36. The predicted molar refractivity (Wildman–Crippen MR) is 142 cm³/mol. The molecule has 0 unspecified atom stereocenters. The standard InChI is InChI=1S/C27H32N4O3S/c1-4-34-27(33)25-24(23-19(2)17-20(3)28-26(23)35-25)29-22(32)18-31-15-13-30(14-16-31)12-8-11-21-9-6-5-7-10-21/h5-11,17H,4,12-16,18H2,1-3H3,(H,29,32)/b11-8+. The molecule has 1 amide bonds. The van der Waals surface area contributed by atoms with E-state index in [1.54, 1.807) is 6.92 Å². The van der Waals surface area contributed by atoms with E-state index in [2.05, 4.69) is 44.4 Å². The van der Waals surface area contributed by atoms with Crippen molar-refractivity contribution in [3.05, 3.63) is 64.2 Å². The van der Waals surface area contributed by atoms with Gasteiger partial charge in [0, 0.05) is 43.8 Å². The molecule has 3 aromatic rings. The molecule has 1 saturated heterocycles. The number of amides is 1. The number of hydrogen-bond donors (Lipinski definition) is 1. The Morgan fingerprint density at radius 1 is 1.11 bits per heavy atom. The van der Waals surface area contributed by atoms with Gasteiger partial charge in [0.15, 0.2) is 0 Å². The Balaban J connectivity index is 1.36. The first-order valence-electron chi connectivity index (χ1n) is 12.0. The van der Waals surface area contributed by atoms with Crippen molar-refractivity contribution < 1.29 is 14.3 Å². The summed E-state index contributed by atoms with van der Waals surface area (Å²) in [6.45, 7) is 10.6. The molecule has 0 aliphatic carbocycles. The first-order chi connectivity index (χ1) is 16.9. The molecule has 1 aromatic carbocycles. The molecule has 1 aliphatic rings. The number of fused-ring (bicyclic) bond motifs is 1. The second-order valence-corrected chi connectivity index (χ2v) is 9.72. The maximum Gasteiger partial charge on any atom is 0.350 e. The highest BCUT2D eigenvalue weighted by Gasteiger charge is 2.25. The van der Waals surface area contributed by atoms with Gasteiger partial charge >= 0.3 is 5.97 Å². The van der Waals surface area contributed by atoms with E-state index in [9.17, 15) is 9.59 Å². The van der Waals surface area contributed by atoms with E-state index in [4.69, 9.17) is 4.74 Å². The summed E-state index contributed by atoms with van der Waals surface area (Å²) in [5, 5.41) is 3.82. The van der Waals surface area contributed by atoms with E-state index in [1.165, 1.54) is 16.9 Å². The number of ether oxygens (including phenoxy) is 1. The number of aromatic nitrogens is 1. The van der Waals surface area contributed by atoms with Gasteiger partial charge in [0.2, 0.25) is 5.91 Å². The highest BCUT2D eigenvalue weighted by atomic mass is 32.1. The minimum Gasteiger partial charge on any atom is -0.462 e. The van der Waals surface area contributed by atoms with Gasteiger partial charge in [-0.1, -0.05) is 42.5 Å². The van der Waals surface area contributed by atoms with Crippen molar-refractivity contribution in [2.24, 2.45) is 0 Å². The fourth-order valence-corrected chi connectivity index (χ4v) is 5.46. The number of piperazine rings is 1.